The Bertz CT molecular complexity index is 1520. The van der Waals surface area contributed by atoms with Crippen LogP contribution in [0.15, 0.2) is 72.8 Å². The van der Waals surface area contributed by atoms with Gasteiger partial charge in [-0.2, -0.15) is 0 Å². The minimum atomic E-state index is -0.988. The maximum atomic E-state index is 14.2. The van der Waals surface area contributed by atoms with Crippen molar-refractivity contribution in [2.45, 2.75) is 38.5 Å². The molecule has 0 radical (unpaired) electrons. The van der Waals surface area contributed by atoms with Crippen LogP contribution in [0, 0.1) is 0 Å². The predicted octanol–water partition coefficient (Wildman–Crippen LogP) is 3.77. The molecule has 0 unspecified atom stereocenters. The maximum Gasteiger partial charge on any atom is 0.249 e. The summed E-state index contributed by atoms with van der Waals surface area (Å²) in [5.41, 5.74) is 3.99. The SMILES string of the molecule is CC(=O)c1ccc(N(C(=O)Cn2nnc3ccccc32)[C@H](C(=O)NC[C@H]2CCCO2)c2ccc(N(C)C)cc2)cc1. The first-order valence-electron chi connectivity index (χ1n) is 13.7. The summed E-state index contributed by atoms with van der Waals surface area (Å²) < 4.78 is 7.25. The highest BCUT2D eigenvalue weighted by Crippen LogP contribution is 2.30. The van der Waals surface area contributed by atoms with E-state index in [1.807, 2.05) is 67.5 Å². The largest absolute Gasteiger partial charge is 0.378 e. The number of nitrogens with one attached hydrogen (secondary N) is 1. The molecule has 0 spiro atoms. The molecule has 5 rings (SSSR count). The fourth-order valence-electron chi connectivity index (χ4n) is 5.02. The Morgan fingerprint density at radius 3 is 2.37 bits per heavy atom. The predicted molar refractivity (Wildman–Crippen MR) is 157 cm³/mol. The smallest absolute Gasteiger partial charge is 0.249 e. The maximum absolute atomic E-state index is 14.2. The van der Waals surface area contributed by atoms with Gasteiger partial charge in [0.25, 0.3) is 0 Å². The summed E-state index contributed by atoms with van der Waals surface area (Å²) >= 11 is 0. The molecule has 1 saturated heterocycles. The van der Waals surface area contributed by atoms with Crippen molar-refractivity contribution in [3.05, 3.63) is 83.9 Å². The summed E-state index contributed by atoms with van der Waals surface area (Å²) in [6.07, 6.45) is 1.77. The van der Waals surface area contributed by atoms with Crippen molar-refractivity contribution in [2.24, 2.45) is 0 Å². The Morgan fingerprint density at radius 2 is 1.71 bits per heavy atom. The Hall–Kier alpha value is -4.57. The Kier molecular flexibility index (Phi) is 8.39. The summed E-state index contributed by atoms with van der Waals surface area (Å²) in [6, 6.07) is 20.7. The standard InChI is InChI=1S/C31H34N6O4/c1-21(38)22-10-16-25(17-11-22)37(29(39)20-36-28-9-5-4-8-27(28)33-34-36)30(23-12-14-24(15-13-23)35(2)3)31(40)32-19-26-7-6-18-41-26/h4-5,8-17,26,30H,6-7,18-20H2,1-3H3,(H,32,40)/t26-,30+/m1/s1. The molecular weight excluding hydrogens is 520 g/mol. The number of carbonyl (C=O) groups is 3. The number of ether oxygens (including phenoxy) is 1. The van der Waals surface area contributed by atoms with Gasteiger partial charge in [-0.05, 0) is 73.9 Å². The van der Waals surface area contributed by atoms with Crippen LogP contribution < -0.4 is 15.1 Å². The number of carbonyl (C=O) groups excluding carboxylic acids is 3. The number of fused-ring (bicyclic) bond motifs is 1. The average molecular weight is 555 g/mol. The van der Waals surface area contributed by atoms with Crippen molar-refractivity contribution in [3.63, 3.8) is 0 Å². The molecule has 212 valence electrons. The van der Waals surface area contributed by atoms with E-state index in [2.05, 4.69) is 15.6 Å². The van der Waals surface area contributed by atoms with E-state index in [1.54, 1.807) is 24.3 Å². The number of benzene rings is 3. The van der Waals surface area contributed by atoms with Crippen molar-refractivity contribution in [1.29, 1.82) is 0 Å². The third-order valence-corrected chi connectivity index (χ3v) is 7.29. The molecule has 1 aromatic heterocycles. The summed E-state index contributed by atoms with van der Waals surface area (Å²) in [5, 5.41) is 11.4. The first-order chi connectivity index (χ1) is 19.8. The fraction of sp³-hybridized carbons (Fsp3) is 0.323. The number of anilines is 2. The first kappa shape index (κ1) is 28.0. The molecule has 0 saturated carbocycles. The van der Waals surface area contributed by atoms with Crippen LogP contribution >= 0.6 is 0 Å². The molecule has 2 atom stereocenters. The summed E-state index contributed by atoms with van der Waals surface area (Å²) in [6.45, 7) is 2.38. The van der Waals surface area contributed by atoms with Gasteiger partial charge in [0.2, 0.25) is 11.8 Å². The molecule has 1 aliphatic rings. The molecule has 1 fully saturated rings. The highest BCUT2D eigenvalue weighted by Gasteiger charge is 2.34. The molecule has 10 heteroatoms. The van der Waals surface area contributed by atoms with Crippen LogP contribution in [0.2, 0.25) is 0 Å². The summed E-state index contributed by atoms with van der Waals surface area (Å²) in [5.74, 6) is -0.774. The molecular formula is C31H34N6O4. The van der Waals surface area contributed by atoms with Crippen molar-refractivity contribution >= 4 is 40.0 Å². The Balaban J connectivity index is 1.56. The molecule has 0 aliphatic carbocycles. The lowest BCUT2D eigenvalue weighted by Gasteiger charge is -2.32. The molecule has 2 heterocycles. The zero-order valence-electron chi connectivity index (χ0n) is 23.5. The van der Waals surface area contributed by atoms with Gasteiger partial charge in [-0.1, -0.05) is 29.5 Å². The Labute approximate surface area is 238 Å². The molecule has 4 aromatic rings. The number of hydrogen-bond acceptors (Lipinski definition) is 7. The van der Waals surface area contributed by atoms with Gasteiger partial charge in [0.05, 0.1) is 11.6 Å². The van der Waals surface area contributed by atoms with Gasteiger partial charge in [-0.3, -0.25) is 19.3 Å². The summed E-state index contributed by atoms with van der Waals surface area (Å²) in [7, 11) is 3.88. The second kappa shape index (κ2) is 12.3. The zero-order chi connectivity index (χ0) is 28.9. The number of Topliss-reactive ketones (excluding diaryl/α,β-unsaturated/α-hetero) is 1. The van der Waals surface area contributed by atoms with Gasteiger partial charge < -0.3 is 15.0 Å². The molecule has 3 aromatic carbocycles. The van der Waals surface area contributed by atoms with Gasteiger partial charge in [0, 0.05) is 44.2 Å². The quantitative estimate of drug-likeness (QED) is 0.297. The molecule has 0 bridgehead atoms. The van der Waals surface area contributed by atoms with E-state index in [-0.39, 0.29) is 30.2 Å². The normalized spacial score (nSPS) is 15.4. The monoisotopic (exact) mass is 554 g/mol. The van der Waals surface area contributed by atoms with E-state index >= 15 is 0 Å². The van der Waals surface area contributed by atoms with Crippen molar-refractivity contribution in [3.8, 4) is 0 Å². The number of hydrogen-bond donors (Lipinski definition) is 1. The van der Waals surface area contributed by atoms with Gasteiger partial charge in [0.15, 0.2) is 5.78 Å². The number of ketones is 1. The molecule has 41 heavy (non-hydrogen) atoms. The topological polar surface area (TPSA) is 110 Å². The van der Waals surface area contributed by atoms with Gasteiger partial charge >= 0.3 is 0 Å². The van der Waals surface area contributed by atoms with Gasteiger partial charge in [-0.15, -0.1) is 5.10 Å². The van der Waals surface area contributed by atoms with E-state index in [9.17, 15) is 14.4 Å². The van der Waals surface area contributed by atoms with Crippen molar-refractivity contribution in [1.82, 2.24) is 20.3 Å². The lowest BCUT2D eigenvalue weighted by atomic mass is 10.0. The van der Waals surface area contributed by atoms with Crippen LogP contribution in [0.4, 0.5) is 11.4 Å². The van der Waals surface area contributed by atoms with Crippen LogP contribution in [0.5, 0.6) is 0 Å². The zero-order valence-corrected chi connectivity index (χ0v) is 23.5. The van der Waals surface area contributed by atoms with Crippen LogP contribution in [-0.2, 0) is 20.9 Å². The number of nitrogens with zero attached hydrogens (tertiary/aromatic N) is 5. The molecule has 1 aliphatic heterocycles. The summed E-state index contributed by atoms with van der Waals surface area (Å²) in [4.78, 5) is 43.6. The van der Waals surface area contributed by atoms with Crippen LogP contribution in [0.25, 0.3) is 11.0 Å². The minimum Gasteiger partial charge on any atom is -0.378 e. The average Bonchev–Trinajstić information content (AvgIpc) is 3.65. The van der Waals surface area contributed by atoms with E-state index in [4.69, 9.17) is 4.74 Å². The highest BCUT2D eigenvalue weighted by molar-refractivity contribution is 6.02. The first-order valence-corrected chi connectivity index (χ1v) is 13.7. The van der Waals surface area contributed by atoms with Crippen molar-refractivity contribution < 1.29 is 19.1 Å². The van der Waals surface area contributed by atoms with Crippen LogP contribution in [0.1, 0.15) is 41.7 Å². The second-order valence-corrected chi connectivity index (χ2v) is 10.4. The molecule has 1 N–H and O–H groups in total. The number of para-hydroxylation sites is 1. The van der Waals surface area contributed by atoms with Crippen LogP contribution in [0.3, 0.4) is 0 Å². The number of amides is 2. The molecule has 2 amide bonds. The Morgan fingerprint density at radius 1 is 1.00 bits per heavy atom. The fourth-order valence-corrected chi connectivity index (χ4v) is 5.02. The second-order valence-electron chi connectivity index (χ2n) is 10.4. The van der Waals surface area contributed by atoms with Crippen molar-refractivity contribution in [2.75, 3.05) is 37.0 Å². The minimum absolute atomic E-state index is 0.0590. The van der Waals surface area contributed by atoms with E-state index in [0.29, 0.717) is 41.0 Å². The number of aromatic nitrogens is 3. The third kappa shape index (κ3) is 6.28. The molecule has 10 nitrogen and oxygen atoms in total. The van der Waals surface area contributed by atoms with E-state index in [1.165, 1.54) is 16.5 Å². The van der Waals surface area contributed by atoms with E-state index < -0.39 is 6.04 Å². The number of rotatable bonds is 10. The van der Waals surface area contributed by atoms with Gasteiger partial charge in [-0.25, -0.2) is 4.68 Å². The van der Waals surface area contributed by atoms with Crippen LogP contribution in [-0.4, -0.2) is 65.9 Å². The lowest BCUT2D eigenvalue weighted by molar-refractivity contribution is -0.127. The lowest BCUT2D eigenvalue weighted by Crippen LogP contribution is -2.46. The van der Waals surface area contributed by atoms with Gasteiger partial charge in [0.1, 0.15) is 18.1 Å². The highest BCUT2D eigenvalue weighted by atomic mass is 16.5. The van der Waals surface area contributed by atoms with E-state index in [0.717, 1.165) is 18.5 Å². The third-order valence-electron chi connectivity index (χ3n) is 7.29.